The standard InChI is InChI=1S/C21H20N2O2S/c1-14-8-9-18-17(10-14)16(13-26-18)11-19(24)23-12-20(25)22(2)21(23)15-6-4-3-5-7-15/h3-10,13,21H,11-12H2,1-2H3. The molecule has 4 nitrogen and oxygen atoms in total. The summed E-state index contributed by atoms with van der Waals surface area (Å²) >= 11 is 1.66. The lowest BCUT2D eigenvalue weighted by Gasteiger charge is -2.28. The number of thiophene rings is 1. The van der Waals surface area contributed by atoms with Gasteiger partial charge in [-0.05, 0) is 34.9 Å². The molecule has 1 unspecified atom stereocenters. The van der Waals surface area contributed by atoms with E-state index in [-0.39, 0.29) is 24.5 Å². The van der Waals surface area contributed by atoms with E-state index in [1.54, 1.807) is 28.2 Å². The first-order valence-corrected chi connectivity index (χ1v) is 9.49. The molecule has 1 aliphatic rings. The van der Waals surface area contributed by atoms with Crippen LogP contribution in [0.15, 0.2) is 53.9 Å². The summed E-state index contributed by atoms with van der Waals surface area (Å²) in [5.41, 5.74) is 3.18. The van der Waals surface area contributed by atoms with Crippen molar-refractivity contribution in [3.8, 4) is 0 Å². The Hall–Kier alpha value is -2.66. The van der Waals surface area contributed by atoms with Crippen LogP contribution in [0.2, 0.25) is 0 Å². The monoisotopic (exact) mass is 364 g/mol. The summed E-state index contributed by atoms with van der Waals surface area (Å²) in [6, 6.07) is 16.0. The number of rotatable bonds is 3. The second kappa shape index (κ2) is 6.57. The van der Waals surface area contributed by atoms with Crippen molar-refractivity contribution < 1.29 is 9.59 Å². The van der Waals surface area contributed by atoms with Crippen molar-refractivity contribution in [2.45, 2.75) is 19.5 Å². The van der Waals surface area contributed by atoms with E-state index in [4.69, 9.17) is 0 Å². The van der Waals surface area contributed by atoms with E-state index in [9.17, 15) is 9.59 Å². The smallest absolute Gasteiger partial charge is 0.243 e. The largest absolute Gasteiger partial charge is 0.320 e. The molecule has 4 rings (SSSR count). The number of carbonyl (C=O) groups is 2. The fourth-order valence-electron chi connectivity index (χ4n) is 3.54. The molecule has 132 valence electrons. The Bertz CT molecular complexity index is 980. The molecule has 3 aromatic rings. The molecular weight excluding hydrogens is 344 g/mol. The van der Waals surface area contributed by atoms with E-state index in [0.717, 1.165) is 16.5 Å². The van der Waals surface area contributed by atoms with Gasteiger partial charge < -0.3 is 9.80 Å². The third-order valence-electron chi connectivity index (χ3n) is 4.93. The van der Waals surface area contributed by atoms with E-state index in [1.165, 1.54) is 10.3 Å². The van der Waals surface area contributed by atoms with E-state index >= 15 is 0 Å². The number of hydrogen-bond donors (Lipinski definition) is 0. The van der Waals surface area contributed by atoms with Crippen LogP contribution in [0.1, 0.15) is 22.9 Å². The van der Waals surface area contributed by atoms with Gasteiger partial charge in [-0.3, -0.25) is 9.59 Å². The highest BCUT2D eigenvalue weighted by Gasteiger charge is 2.39. The molecule has 1 aromatic heterocycles. The Balaban J connectivity index is 1.64. The summed E-state index contributed by atoms with van der Waals surface area (Å²) in [5, 5.41) is 3.19. The average molecular weight is 364 g/mol. The molecule has 0 spiro atoms. The first-order valence-electron chi connectivity index (χ1n) is 8.61. The highest BCUT2D eigenvalue weighted by molar-refractivity contribution is 7.17. The van der Waals surface area contributed by atoms with Crippen LogP contribution in [0.3, 0.4) is 0 Å². The zero-order valence-electron chi connectivity index (χ0n) is 14.8. The Morgan fingerprint density at radius 2 is 1.96 bits per heavy atom. The molecule has 1 saturated heterocycles. The normalized spacial score (nSPS) is 17.3. The maximum Gasteiger partial charge on any atom is 0.243 e. The molecule has 5 heteroatoms. The van der Waals surface area contributed by atoms with Crippen molar-refractivity contribution in [1.29, 1.82) is 0 Å². The molecule has 0 saturated carbocycles. The van der Waals surface area contributed by atoms with Crippen LogP contribution >= 0.6 is 11.3 Å². The summed E-state index contributed by atoms with van der Waals surface area (Å²) in [5.74, 6) is -0.0454. The van der Waals surface area contributed by atoms with Gasteiger partial charge in [-0.2, -0.15) is 0 Å². The topological polar surface area (TPSA) is 40.6 Å². The van der Waals surface area contributed by atoms with Crippen LogP contribution in [-0.2, 0) is 16.0 Å². The highest BCUT2D eigenvalue weighted by atomic mass is 32.1. The van der Waals surface area contributed by atoms with E-state index in [0.29, 0.717) is 6.42 Å². The Morgan fingerprint density at radius 3 is 2.73 bits per heavy atom. The van der Waals surface area contributed by atoms with Crippen LogP contribution in [0.25, 0.3) is 10.1 Å². The molecule has 0 radical (unpaired) electrons. The van der Waals surface area contributed by atoms with Gasteiger partial charge in [-0.25, -0.2) is 0 Å². The van der Waals surface area contributed by atoms with Gasteiger partial charge in [0.15, 0.2) is 0 Å². The molecule has 0 bridgehead atoms. The van der Waals surface area contributed by atoms with Gasteiger partial charge in [0.05, 0.1) is 6.42 Å². The van der Waals surface area contributed by atoms with Gasteiger partial charge in [-0.1, -0.05) is 48.0 Å². The van der Waals surface area contributed by atoms with Crippen molar-refractivity contribution in [2.75, 3.05) is 13.6 Å². The van der Waals surface area contributed by atoms with Crippen LogP contribution in [0.4, 0.5) is 0 Å². The number of hydrogen-bond acceptors (Lipinski definition) is 3. The van der Waals surface area contributed by atoms with Crippen molar-refractivity contribution in [3.05, 3.63) is 70.6 Å². The lowest BCUT2D eigenvalue weighted by atomic mass is 10.1. The zero-order chi connectivity index (χ0) is 18.3. The number of nitrogens with zero attached hydrogens (tertiary/aromatic N) is 2. The van der Waals surface area contributed by atoms with Gasteiger partial charge in [0, 0.05) is 11.7 Å². The van der Waals surface area contributed by atoms with Gasteiger partial charge in [0.25, 0.3) is 0 Å². The molecular formula is C21H20N2O2S. The summed E-state index contributed by atoms with van der Waals surface area (Å²) in [6.07, 6.45) is -0.0173. The molecule has 1 fully saturated rings. The number of fused-ring (bicyclic) bond motifs is 1. The predicted molar refractivity (Wildman–Crippen MR) is 104 cm³/mol. The summed E-state index contributed by atoms with van der Waals surface area (Å²) < 4.78 is 1.19. The Morgan fingerprint density at radius 1 is 1.19 bits per heavy atom. The molecule has 26 heavy (non-hydrogen) atoms. The molecule has 1 aliphatic heterocycles. The quantitative estimate of drug-likeness (QED) is 0.710. The number of amides is 2. The average Bonchev–Trinajstić information content (AvgIpc) is 3.17. The van der Waals surface area contributed by atoms with E-state index in [1.807, 2.05) is 30.3 Å². The van der Waals surface area contributed by atoms with Gasteiger partial charge >= 0.3 is 0 Å². The van der Waals surface area contributed by atoms with Crippen LogP contribution in [-0.4, -0.2) is 35.2 Å². The minimum atomic E-state index is -0.331. The van der Waals surface area contributed by atoms with Crippen molar-refractivity contribution in [1.82, 2.24) is 9.80 Å². The molecule has 2 amide bonds. The third kappa shape index (κ3) is 2.88. The zero-order valence-corrected chi connectivity index (χ0v) is 15.6. The van der Waals surface area contributed by atoms with Crippen LogP contribution in [0.5, 0.6) is 0 Å². The number of likely N-dealkylation sites (N-methyl/N-ethyl adjacent to an activating group) is 1. The fraction of sp³-hybridized carbons (Fsp3) is 0.238. The SMILES string of the molecule is Cc1ccc2scc(CC(=O)N3CC(=O)N(C)C3c3ccccc3)c2c1. The summed E-state index contributed by atoms with van der Waals surface area (Å²) in [7, 11) is 1.76. The second-order valence-corrected chi connectivity index (χ2v) is 7.66. The molecule has 2 aromatic carbocycles. The third-order valence-corrected chi connectivity index (χ3v) is 5.94. The maximum absolute atomic E-state index is 13.1. The van der Waals surface area contributed by atoms with Crippen molar-refractivity contribution >= 4 is 33.2 Å². The molecule has 2 heterocycles. The lowest BCUT2D eigenvalue weighted by molar-refractivity contribution is -0.132. The summed E-state index contributed by atoms with van der Waals surface area (Å²) in [6.45, 7) is 2.19. The van der Waals surface area contributed by atoms with Crippen LogP contribution < -0.4 is 0 Å². The Labute approximate surface area is 156 Å². The van der Waals surface area contributed by atoms with Gasteiger partial charge in [0.2, 0.25) is 11.8 Å². The minimum absolute atomic E-state index is 0.0160. The van der Waals surface area contributed by atoms with Gasteiger partial charge in [0.1, 0.15) is 12.7 Å². The number of benzene rings is 2. The van der Waals surface area contributed by atoms with E-state index < -0.39 is 0 Å². The fourth-order valence-corrected chi connectivity index (χ4v) is 4.48. The molecule has 0 N–H and O–H groups in total. The van der Waals surface area contributed by atoms with E-state index in [2.05, 4.69) is 30.5 Å². The highest BCUT2D eigenvalue weighted by Crippen LogP contribution is 2.32. The lowest BCUT2D eigenvalue weighted by Crippen LogP contribution is -2.35. The molecule has 0 aliphatic carbocycles. The Kier molecular flexibility index (Phi) is 4.24. The van der Waals surface area contributed by atoms with Crippen molar-refractivity contribution in [2.24, 2.45) is 0 Å². The second-order valence-electron chi connectivity index (χ2n) is 6.75. The predicted octanol–water partition coefficient (Wildman–Crippen LogP) is 3.75. The minimum Gasteiger partial charge on any atom is -0.320 e. The van der Waals surface area contributed by atoms with Crippen LogP contribution in [0, 0.1) is 6.92 Å². The molecule has 1 atom stereocenters. The first kappa shape index (κ1) is 16.8. The van der Waals surface area contributed by atoms with Crippen molar-refractivity contribution in [3.63, 3.8) is 0 Å². The first-order chi connectivity index (χ1) is 12.5. The van der Waals surface area contributed by atoms with Gasteiger partial charge in [-0.15, -0.1) is 11.3 Å². The maximum atomic E-state index is 13.1. The number of aryl methyl sites for hydroxylation is 1. The summed E-state index contributed by atoms with van der Waals surface area (Å²) in [4.78, 5) is 28.7. The number of carbonyl (C=O) groups excluding carboxylic acids is 2.